The molecule has 5 heteroatoms. The number of aliphatic hydroxyl groups excluding tert-OH is 1. The van der Waals surface area contributed by atoms with Crippen LogP contribution in [0, 0.1) is 5.92 Å². The number of anilines is 1. The van der Waals surface area contributed by atoms with Gasteiger partial charge in [0.05, 0.1) is 6.10 Å². The molecule has 1 fully saturated rings. The molecular formula is C13H19N3O2. The molecule has 1 aromatic heterocycles. The SMILES string of the molecule is C[C@H](O)c1cccnc1N1CCC(C(N)=O)CC1. The van der Waals surface area contributed by atoms with Crippen LogP contribution in [-0.2, 0) is 4.79 Å². The average molecular weight is 249 g/mol. The molecule has 1 saturated heterocycles. The van der Waals surface area contributed by atoms with E-state index in [1.165, 1.54) is 0 Å². The van der Waals surface area contributed by atoms with Gasteiger partial charge in [-0.25, -0.2) is 4.98 Å². The van der Waals surface area contributed by atoms with E-state index < -0.39 is 6.10 Å². The summed E-state index contributed by atoms with van der Waals surface area (Å²) in [6.45, 7) is 3.24. The van der Waals surface area contributed by atoms with Crippen LogP contribution in [0.3, 0.4) is 0 Å². The zero-order valence-corrected chi connectivity index (χ0v) is 10.5. The second-order valence-corrected chi connectivity index (χ2v) is 4.76. The van der Waals surface area contributed by atoms with Crippen molar-refractivity contribution in [1.82, 2.24) is 4.98 Å². The summed E-state index contributed by atoms with van der Waals surface area (Å²) in [5.41, 5.74) is 6.15. The number of carbonyl (C=O) groups is 1. The van der Waals surface area contributed by atoms with E-state index in [-0.39, 0.29) is 11.8 Å². The Bertz CT molecular complexity index is 426. The van der Waals surface area contributed by atoms with Gasteiger partial charge < -0.3 is 15.7 Å². The number of carbonyl (C=O) groups excluding carboxylic acids is 1. The third kappa shape index (κ3) is 2.61. The van der Waals surface area contributed by atoms with Gasteiger partial charge in [-0.3, -0.25) is 4.79 Å². The van der Waals surface area contributed by atoms with E-state index >= 15 is 0 Å². The smallest absolute Gasteiger partial charge is 0.220 e. The molecule has 0 aromatic carbocycles. The molecule has 18 heavy (non-hydrogen) atoms. The normalized spacial score (nSPS) is 18.7. The number of aliphatic hydroxyl groups is 1. The van der Waals surface area contributed by atoms with Crippen molar-refractivity contribution in [3.63, 3.8) is 0 Å². The van der Waals surface area contributed by atoms with E-state index in [2.05, 4.69) is 9.88 Å². The van der Waals surface area contributed by atoms with E-state index in [9.17, 15) is 9.90 Å². The summed E-state index contributed by atoms with van der Waals surface area (Å²) in [7, 11) is 0. The first-order valence-corrected chi connectivity index (χ1v) is 6.27. The van der Waals surface area contributed by atoms with Crippen molar-refractivity contribution in [1.29, 1.82) is 0 Å². The number of amides is 1. The minimum atomic E-state index is -0.539. The number of hydrogen-bond acceptors (Lipinski definition) is 4. The van der Waals surface area contributed by atoms with Crippen LogP contribution in [-0.4, -0.2) is 29.1 Å². The predicted octanol–water partition coefficient (Wildman–Crippen LogP) is 0.837. The summed E-state index contributed by atoms with van der Waals surface area (Å²) in [5, 5.41) is 9.73. The maximum Gasteiger partial charge on any atom is 0.220 e. The number of nitrogens with two attached hydrogens (primary N) is 1. The highest BCUT2D eigenvalue weighted by Gasteiger charge is 2.25. The van der Waals surface area contributed by atoms with Gasteiger partial charge in [-0.15, -0.1) is 0 Å². The standard InChI is InChI=1S/C13H19N3O2/c1-9(17)11-3-2-6-15-13(11)16-7-4-10(5-8-16)12(14)18/h2-3,6,9-10,17H,4-5,7-8H2,1H3,(H2,14,18)/t9-/m0/s1. The lowest BCUT2D eigenvalue weighted by atomic mass is 9.96. The van der Waals surface area contributed by atoms with Gasteiger partial charge in [0, 0.05) is 30.8 Å². The zero-order chi connectivity index (χ0) is 13.1. The Kier molecular flexibility index (Phi) is 3.81. The Morgan fingerprint density at radius 1 is 1.56 bits per heavy atom. The van der Waals surface area contributed by atoms with E-state index in [4.69, 9.17) is 5.73 Å². The zero-order valence-electron chi connectivity index (χ0n) is 10.5. The van der Waals surface area contributed by atoms with Gasteiger partial charge in [0.1, 0.15) is 5.82 Å². The molecule has 0 radical (unpaired) electrons. The highest BCUT2D eigenvalue weighted by molar-refractivity contribution is 5.77. The van der Waals surface area contributed by atoms with Crippen LogP contribution in [0.5, 0.6) is 0 Å². The fourth-order valence-electron chi connectivity index (χ4n) is 2.38. The van der Waals surface area contributed by atoms with Crippen LogP contribution >= 0.6 is 0 Å². The summed E-state index contributed by atoms with van der Waals surface area (Å²) >= 11 is 0. The van der Waals surface area contributed by atoms with Crippen molar-refractivity contribution in [3.05, 3.63) is 23.9 Å². The topological polar surface area (TPSA) is 79.5 Å². The minimum Gasteiger partial charge on any atom is -0.389 e. The molecule has 3 N–H and O–H groups in total. The quantitative estimate of drug-likeness (QED) is 0.831. The van der Waals surface area contributed by atoms with Crippen molar-refractivity contribution >= 4 is 11.7 Å². The lowest BCUT2D eigenvalue weighted by Gasteiger charge is -2.33. The molecule has 1 aliphatic rings. The molecule has 2 rings (SSSR count). The van der Waals surface area contributed by atoms with Gasteiger partial charge in [-0.05, 0) is 25.8 Å². The number of piperidine rings is 1. The number of primary amides is 1. The molecule has 0 saturated carbocycles. The van der Waals surface area contributed by atoms with E-state index in [0.29, 0.717) is 0 Å². The van der Waals surface area contributed by atoms with Gasteiger partial charge in [0.15, 0.2) is 0 Å². The second-order valence-electron chi connectivity index (χ2n) is 4.76. The third-order valence-electron chi connectivity index (χ3n) is 3.46. The molecule has 0 spiro atoms. The molecule has 98 valence electrons. The molecule has 2 heterocycles. The van der Waals surface area contributed by atoms with Crippen LogP contribution in [0.25, 0.3) is 0 Å². The average Bonchev–Trinajstić information content (AvgIpc) is 2.39. The first kappa shape index (κ1) is 12.8. The van der Waals surface area contributed by atoms with Crippen LogP contribution in [0.4, 0.5) is 5.82 Å². The van der Waals surface area contributed by atoms with Crippen LogP contribution < -0.4 is 10.6 Å². The molecule has 1 aromatic rings. The number of nitrogens with zero attached hydrogens (tertiary/aromatic N) is 2. The van der Waals surface area contributed by atoms with Crippen molar-refractivity contribution in [3.8, 4) is 0 Å². The number of pyridine rings is 1. The van der Waals surface area contributed by atoms with Gasteiger partial charge >= 0.3 is 0 Å². The summed E-state index contributed by atoms with van der Waals surface area (Å²) in [4.78, 5) is 17.6. The fraction of sp³-hybridized carbons (Fsp3) is 0.538. The predicted molar refractivity (Wildman–Crippen MR) is 69.0 cm³/mol. The van der Waals surface area contributed by atoms with Gasteiger partial charge in [-0.1, -0.05) is 6.07 Å². The number of aromatic nitrogens is 1. The van der Waals surface area contributed by atoms with Crippen LogP contribution in [0.1, 0.15) is 31.4 Å². The highest BCUT2D eigenvalue weighted by Crippen LogP contribution is 2.27. The summed E-state index contributed by atoms with van der Waals surface area (Å²) in [5.74, 6) is 0.571. The van der Waals surface area contributed by atoms with E-state index in [0.717, 1.165) is 37.3 Å². The van der Waals surface area contributed by atoms with Crippen molar-refractivity contribution in [2.24, 2.45) is 11.7 Å². The first-order valence-electron chi connectivity index (χ1n) is 6.27. The monoisotopic (exact) mass is 249 g/mol. The highest BCUT2D eigenvalue weighted by atomic mass is 16.3. The molecule has 0 bridgehead atoms. The molecular weight excluding hydrogens is 230 g/mol. The fourth-order valence-corrected chi connectivity index (χ4v) is 2.38. The van der Waals surface area contributed by atoms with Gasteiger partial charge in [0.2, 0.25) is 5.91 Å². The van der Waals surface area contributed by atoms with Gasteiger partial charge in [0.25, 0.3) is 0 Å². The Labute approximate surface area is 107 Å². The van der Waals surface area contributed by atoms with Crippen molar-refractivity contribution in [2.45, 2.75) is 25.9 Å². The van der Waals surface area contributed by atoms with Gasteiger partial charge in [-0.2, -0.15) is 0 Å². The Hall–Kier alpha value is -1.62. The molecule has 0 aliphatic carbocycles. The Morgan fingerprint density at radius 3 is 2.78 bits per heavy atom. The Morgan fingerprint density at radius 2 is 2.22 bits per heavy atom. The Balaban J connectivity index is 2.12. The summed E-state index contributed by atoms with van der Waals surface area (Å²) in [6.07, 6.45) is 2.69. The molecule has 5 nitrogen and oxygen atoms in total. The van der Waals surface area contributed by atoms with Crippen molar-refractivity contribution < 1.29 is 9.90 Å². The molecule has 1 aliphatic heterocycles. The molecule has 1 atom stereocenters. The minimum absolute atomic E-state index is 0.0278. The lowest BCUT2D eigenvalue weighted by molar-refractivity contribution is -0.122. The molecule has 0 unspecified atom stereocenters. The van der Waals surface area contributed by atoms with E-state index in [1.807, 2.05) is 12.1 Å². The van der Waals surface area contributed by atoms with Crippen LogP contribution in [0.15, 0.2) is 18.3 Å². The summed E-state index contributed by atoms with van der Waals surface area (Å²) in [6, 6.07) is 3.70. The third-order valence-corrected chi connectivity index (χ3v) is 3.46. The maximum atomic E-state index is 11.1. The maximum absolute atomic E-state index is 11.1. The van der Waals surface area contributed by atoms with Crippen LogP contribution in [0.2, 0.25) is 0 Å². The largest absolute Gasteiger partial charge is 0.389 e. The second kappa shape index (κ2) is 5.35. The number of hydrogen-bond donors (Lipinski definition) is 2. The number of rotatable bonds is 3. The molecule has 1 amide bonds. The first-order chi connectivity index (χ1) is 8.59. The lowest BCUT2D eigenvalue weighted by Crippen LogP contribution is -2.39. The summed E-state index contributed by atoms with van der Waals surface area (Å²) < 4.78 is 0. The van der Waals surface area contributed by atoms with Crippen molar-refractivity contribution in [2.75, 3.05) is 18.0 Å². The van der Waals surface area contributed by atoms with E-state index in [1.54, 1.807) is 13.1 Å².